The number of aliphatic hydroxyl groups is 1. The molecule has 0 aliphatic carbocycles. The number of aliphatic hydroxyl groups excluding tert-OH is 1. The van der Waals surface area contributed by atoms with E-state index in [1.54, 1.807) is 4.90 Å². The first-order chi connectivity index (χ1) is 6.63. The van der Waals surface area contributed by atoms with Gasteiger partial charge in [-0.25, -0.2) is 0 Å². The van der Waals surface area contributed by atoms with Crippen LogP contribution in [0.15, 0.2) is 0 Å². The number of nitrogens with zero attached hydrogens (tertiary/aromatic N) is 1. The molecule has 5 heteroatoms. The zero-order valence-corrected chi connectivity index (χ0v) is 8.32. The Morgan fingerprint density at radius 1 is 1.57 bits per heavy atom. The van der Waals surface area contributed by atoms with E-state index < -0.39 is 6.61 Å². The summed E-state index contributed by atoms with van der Waals surface area (Å²) in [6.07, 6.45) is 1.77. The van der Waals surface area contributed by atoms with Gasteiger partial charge >= 0.3 is 0 Å². The highest BCUT2D eigenvalue weighted by molar-refractivity contribution is 5.77. The molecule has 0 spiro atoms. The number of likely N-dealkylation sites (tertiary alicyclic amines) is 1. The second kappa shape index (κ2) is 4.95. The van der Waals surface area contributed by atoms with E-state index in [9.17, 15) is 9.59 Å². The molecule has 1 atom stereocenters. The number of nitrogens with one attached hydrogen (secondary N) is 1. The van der Waals surface area contributed by atoms with Crippen LogP contribution in [0.3, 0.4) is 0 Å². The number of carbonyl (C=O) groups is 2. The molecule has 5 nitrogen and oxygen atoms in total. The highest BCUT2D eigenvalue weighted by atomic mass is 16.3. The lowest BCUT2D eigenvalue weighted by Crippen LogP contribution is -2.49. The average molecular weight is 200 g/mol. The van der Waals surface area contributed by atoms with Crippen molar-refractivity contribution in [3.05, 3.63) is 0 Å². The molecule has 0 bridgehead atoms. The van der Waals surface area contributed by atoms with Crippen LogP contribution in [0.2, 0.25) is 0 Å². The fraction of sp³-hybridized carbons (Fsp3) is 0.778. The van der Waals surface area contributed by atoms with Gasteiger partial charge in [-0.15, -0.1) is 0 Å². The minimum atomic E-state index is -0.452. The van der Waals surface area contributed by atoms with Crippen molar-refractivity contribution in [1.82, 2.24) is 10.2 Å². The van der Waals surface area contributed by atoms with Gasteiger partial charge in [0.15, 0.2) is 0 Å². The Hall–Kier alpha value is -1.10. The highest BCUT2D eigenvalue weighted by Crippen LogP contribution is 2.09. The summed E-state index contributed by atoms with van der Waals surface area (Å²) < 4.78 is 0. The number of piperidine rings is 1. The van der Waals surface area contributed by atoms with Gasteiger partial charge in [-0.05, 0) is 12.8 Å². The Kier molecular flexibility index (Phi) is 3.88. The van der Waals surface area contributed by atoms with Gasteiger partial charge in [0.2, 0.25) is 11.8 Å². The first-order valence-corrected chi connectivity index (χ1v) is 4.79. The van der Waals surface area contributed by atoms with Crippen molar-refractivity contribution in [3.63, 3.8) is 0 Å². The average Bonchev–Trinajstić information content (AvgIpc) is 2.16. The minimum Gasteiger partial charge on any atom is -0.387 e. The Morgan fingerprint density at radius 2 is 2.29 bits per heavy atom. The number of carbonyl (C=O) groups excluding carboxylic acids is 2. The molecule has 80 valence electrons. The second-order valence-electron chi connectivity index (χ2n) is 3.54. The SMILES string of the molecule is CC(=O)N[C@H]1CCCN(C(=O)CO)C1. The van der Waals surface area contributed by atoms with E-state index in [-0.39, 0.29) is 17.9 Å². The molecule has 1 rings (SSSR count). The smallest absolute Gasteiger partial charge is 0.248 e. The van der Waals surface area contributed by atoms with Gasteiger partial charge in [0.05, 0.1) is 0 Å². The van der Waals surface area contributed by atoms with E-state index in [4.69, 9.17) is 5.11 Å². The van der Waals surface area contributed by atoms with Gasteiger partial charge in [0.1, 0.15) is 6.61 Å². The molecule has 0 aromatic carbocycles. The topological polar surface area (TPSA) is 69.6 Å². The van der Waals surface area contributed by atoms with Crippen LogP contribution in [0.1, 0.15) is 19.8 Å². The molecule has 2 amide bonds. The lowest BCUT2D eigenvalue weighted by atomic mass is 10.1. The van der Waals surface area contributed by atoms with E-state index >= 15 is 0 Å². The van der Waals surface area contributed by atoms with Crippen LogP contribution in [-0.4, -0.2) is 47.6 Å². The van der Waals surface area contributed by atoms with E-state index in [2.05, 4.69) is 5.32 Å². The molecule has 0 aromatic rings. The minimum absolute atomic E-state index is 0.0387. The van der Waals surface area contributed by atoms with E-state index in [1.807, 2.05) is 0 Å². The van der Waals surface area contributed by atoms with Crippen LogP contribution in [0.5, 0.6) is 0 Å². The third-order valence-electron chi connectivity index (χ3n) is 2.32. The maximum atomic E-state index is 11.2. The van der Waals surface area contributed by atoms with Gasteiger partial charge in [0.25, 0.3) is 0 Å². The zero-order chi connectivity index (χ0) is 10.6. The molecule has 2 N–H and O–H groups in total. The predicted octanol–water partition coefficient (Wildman–Crippen LogP) is -0.894. The molecule has 0 saturated carbocycles. The standard InChI is InChI=1S/C9H16N2O3/c1-7(13)10-8-3-2-4-11(5-8)9(14)6-12/h8,12H,2-6H2,1H3,(H,10,13)/t8-/m0/s1. The quantitative estimate of drug-likeness (QED) is 0.607. The molecule has 0 unspecified atom stereocenters. The largest absolute Gasteiger partial charge is 0.387 e. The lowest BCUT2D eigenvalue weighted by Gasteiger charge is -2.32. The zero-order valence-electron chi connectivity index (χ0n) is 8.32. The number of hydrogen-bond donors (Lipinski definition) is 2. The summed E-state index contributed by atoms with van der Waals surface area (Å²) in [5.74, 6) is -0.339. The third-order valence-corrected chi connectivity index (χ3v) is 2.32. The van der Waals surface area contributed by atoms with Crippen molar-refractivity contribution < 1.29 is 14.7 Å². The van der Waals surface area contributed by atoms with Gasteiger partial charge < -0.3 is 15.3 Å². The summed E-state index contributed by atoms with van der Waals surface area (Å²) in [4.78, 5) is 23.5. The van der Waals surface area contributed by atoms with Crippen molar-refractivity contribution in [3.8, 4) is 0 Å². The Morgan fingerprint density at radius 3 is 2.86 bits per heavy atom. The number of amides is 2. The molecule has 0 radical (unpaired) electrons. The fourth-order valence-electron chi connectivity index (χ4n) is 1.71. The summed E-state index contributed by atoms with van der Waals surface area (Å²) in [6.45, 7) is 2.20. The summed E-state index contributed by atoms with van der Waals surface area (Å²) in [5.41, 5.74) is 0. The second-order valence-corrected chi connectivity index (χ2v) is 3.54. The number of hydrogen-bond acceptors (Lipinski definition) is 3. The molecule has 1 heterocycles. The molecular weight excluding hydrogens is 184 g/mol. The molecule has 0 aromatic heterocycles. The fourth-order valence-corrected chi connectivity index (χ4v) is 1.71. The molecular formula is C9H16N2O3. The summed E-state index contributed by atoms with van der Waals surface area (Å²) in [6, 6.07) is 0.0387. The van der Waals surface area contributed by atoms with Gasteiger partial charge in [-0.2, -0.15) is 0 Å². The van der Waals surface area contributed by atoms with Crippen LogP contribution < -0.4 is 5.32 Å². The van der Waals surface area contributed by atoms with Crippen molar-refractivity contribution >= 4 is 11.8 Å². The normalized spacial score (nSPS) is 21.9. The summed E-state index contributed by atoms with van der Waals surface area (Å²) in [5, 5.41) is 11.5. The number of rotatable bonds is 2. The molecule has 1 fully saturated rings. The van der Waals surface area contributed by atoms with E-state index in [0.29, 0.717) is 13.1 Å². The lowest BCUT2D eigenvalue weighted by molar-refractivity contribution is -0.136. The van der Waals surface area contributed by atoms with Crippen LogP contribution in [-0.2, 0) is 9.59 Å². The first kappa shape index (κ1) is 11.0. The monoisotopic (exact) mass is 200 g/mol. The Labute approximate surface area is 83.1 Å². The van der Waals surface area contributed by atoms with Crippen molar-refractivity contribution in [1.29, 1.82) is 0 Å². The van der Waals surface area contributed by atoms with Gasteiger partial charge in [-0.3, -0.25) is 9.59 Å². The van der Waals surface area contributed by atoms with E-state index in [1.165, 1.54) is 6.92 Å². The molecule has 1 aliphatic rings. The van der Waals surface area contributed by atoms with E-state index in [0.717, 1.165) is 12.8 Å². The van der Waals surface area contributed by atoms with Crippen LogP contribution in [0.4, 0.5) is 0 Å². The van der Waals surface area contributed by atoms with Gasteiger partial charge in [-0.1, -0.05) is 0 Å². The Balaban J connectivity index is 2.43. The molecule has 14 heavy (non-hydrogen) atoms. The van der Waals surface area contributed by atoms with Crippen molar-refractivity contribution in [2.45, 2.75) is 25.8 Å². The summed E-state index contributed by atoms with van der Waals surface area (Å²) in [7, 11) is 0. The first-order valence-electron chi connectivity index (χ1n) is 4.79. The van der Waals surface area contributed by atoms with Gasteiger partial charge in [0, 0.05) is 26.1 Å². The molecule has 1 saturated heterocycles. The maximum Gasteiger partial charge on any atom is 0.248 e. The van der Waals surface area contributed by atoms with Crippen LogP contribution in [0, 0.1) is 0 Å². The van der Waals surface area contributed by atoms with Crippen LogP contribution in [0.25, 0.3) is 0 Å². The summed E-state index contributed by atoms with van der Waals surface area (Å²) >= 11 is 0. The Bertz CT molecular complexity index is 230. The third kappa shape index (κ3) is 2.99. The predicted molar refractivity (Wildman–Crippen MR) is 50.5 cm³/mol. The van der Waals surface area contributed by atoms with Crippen molar-refractivity contribution in [2.24, 2.45) is 0 Å². The van der Waals surface area contributed by atoms with Crippen LogP contribution >= 0.6 is 0 Å². The van der Waals surface area contributed by atoms with Crippen molar-refractivity contribution in [2.75, 3.05) is 19.7 Å². The highest BCUT2D eigenvalue weighted by Gasteiger charge is 2.23. The maximum absolute atomic E-state index is 11.2. The molecule has 1 aliphatic heterocycles.